The lowest BCUT2D eigenvalue weighted by atomic mass is 10.1. The lowest BCUT2D eigenvalue weighted by molar-refractivity contribution is 0.0963. The summed E-state index contributed by atoms with van der Waals surface area (Å²) in [6, 6.07) is 5.19. The van der Waals surface area contributed by atoms with Gasteiger partial charge in [-0.15, -0.1) is 0 Å². The van der Waals surface area contributed by atoms with Gasteiger partial charge < -0.3 is 5.32 Å². The van der Waals surface area contributed by atoms with E-state index >= 15 is 0 Å². The zero-order valence-corrected chi connectivity index (χ0v) is 7.77. The molecule has 64 valence electrons. The maximum absolute atomic E-state index is 11.1. The molecule has 1 amide bonds. The third kappa shape index (κ3) is 1.77. The number of nitrogens with one attached hydrogen (secondary N) is 1. The van der Waals surface area contributed by atoms with Crippen LogP contribution >= 0.6 is 11.6 Å². The number of aryl methyl sites for hydroxylation is 1. The fourth-order valence-corrected chi connectivity index (χ4v) is 1.05. The highest BCUT2D eigenvalue weighted by Crippen LogP contribution is 2.15. The van der Waals surface area contributed by atoms with Crippen molar-refractivity contribution in [1.82, 2.24) is 5.32 Å². The van der Waals surface area contributed by atoms with E-state index in [0.29, 0.717) is 10.6 Å². The van der Waals surface area contributed by atoms with E-state index in [-0.39, 0.29) is 5.91 Å². The van der Waals surface area contributed by atoms with Crippen LogP contribution < -0.4 is 5.32 Å². The first-order valence-corrected chi connectivity index (χ1v) is 4.01. The number of benzene rings is 1. The summed E-state index contributed by atoms with van der Waals surface area (Å²) >= 11 is 5.80. The van der Waals surface area contributed by atoms with Gasteiger partial charge in [0.15, 0.2) is 0 Å². The summed E-state index contributed by atoms with van der Waals surface area (Å²) in [5.41, 5.74) is 1.55. The van der Waals surface area contributed by atoms with E-state index < -0.39 is 0 Å². The minimum Gasteiger partial charge on any atom is -0.355 e. The summed E-state index contributed by atoms with van der Waals surface area (Å²) in [5, 5.41) is 3.23. The smallest absolute Gasteiger partial charge is 0.251 e. The minimum atomic E-state index is -0.0882. The maximum Gasteiger partial charge on any atom is 0.251 e. The van der Waals surface area contributed by atoms with Crippen LogP contribution in [0.4, 0.5) is 0 Å². The van der Waals surface area contributed by atoms with Gasteiger partial charge in [0, 0.05) is 17.6 Å². The quantitative estimate of drug-likeness (QED) is 0.709. The number of amides is 1. The molecule has 12 heavy (non-hydrogen) atoms. The summed E-state index contributed by atoms with van der Waals surface area (Å²) in [6.45, 7) is 1.87. The second-order valence-electron chi connectivity index (χ2n) is 2.54. The summed E-state index contributed by atoms with van der Waals surface area (Å²) in [6.07, 6.45) is 0. The first kappa shape index (κ1) is 9.07. The Labute approximate surface area is 76.5 Å². The van der Waals surface area contributed by atoms with Crippen molar-refractivity contribution in [2.45, 2.75) is 6.92 Å². The average molecular weight is 184 g/mol. The average Bonchev–Trinajstić information content (AvgIpc) is 2.08. The predicted octanol–water partition coefficient (Wildman–Crippen LogP) is 2.01. The number of hydrogen-bond donors (Lipinski definition) is 1. The van der Waals surface area contributed by atoms with Gasteiger partial charge in [0.25, 0.3) is 5.91 Å². The van der Waals surface area contributed by atoms with Gasteiger partial charge in [0.2, 0.25) is 0 Å². The molecule has 0 spiro atoms. The standard InChI is InChI=1S/C9H10ClNO/c1-6-5-7(9(12)11-2)3-4-8(6)10/h3-5H,1-2H3,(H,11,12). The van der Waals surface area contributed by atoms with Gasteiger partial charge in [-0.3, -0.25) is 4.79 Å². The molecule has 0 aliphatic carbocycles. The van der Waals surface area contributed by atoms with Crippen LogP contribution in [0.3, 0.4) is 0 Å². The number of carbonyl (C=O) groups is 1. The van der Waals surface area contributed by atoms with E-state index in [2.05, 4.69) is 5.32 Å². The van der Waals surface area contributed by atoms with Crippen LogP contribution in [0.1, 0.15) is 15.9 Å². The molecule has 0 aromatic heterocycles. The van der Waals surface area contributed by atoms with E-state index in [4.69, 9.17) is 11.6 Å². The molecule has 1 N–H and O–H groups in total. The third-order valence-corrected chi connectivity index (χ3v) is 2.07. The van der Waals surface area contributed by atoms with Crippen LogP contribution in [0.15, 0.2) is 18.2 Å². The molecular weight excluding hydrogens is 174 g/mol. The molecular formula is C9H10ClNO. The van der Waals surface area contributed by atoms with Gasteiger partial charge in [-0.05, 0) is 30.7 Å². The van der Waals surface area contributed by atoms with Crippen LogP contribution in [0.5, 0.6) is 0 Å². The van der Waals surface area contributed by atoms with Crippen LogP contribution in [0.25, 0.3) is 0 Å². The van der Waals surface area contributed by atoms with E-state index in [1.807, 2.05) is 6.92 Å². The van der Waals surface area contributed by atoms with Gasteiger partial charge in [0.05, 0.1) is 0 Å². The maximum atomic E-state index is 11.1. The normalized spacial score (nSPS) is 9.58. The van der Waals surface area contributed by atoms with Crippen molar-refractivity contribution >= 4 is 17.5 Å². The van der Waals surface area contributed by atoms with Gasteiger partial charge in [0.1, 0.15) is 0 Å². The summed E-state index contributed by atoms with van der Waals surface area (Å²) < 4.78 is 0. The van der Waals surface area contributed by atoms with Gasteiger partial charge in [-0.2, -0.15) is 0 Å². The van der Waals surface area contributed by atoms with E-state index in [1.165, 1.54) is 0 Å². The number of hydrogen-bond acceptors (Lipinski definition) is 1. The molecule has 2 nitrogen and oxygen atoms in total. The Morgan fingerprint density at radius 3 is 2.67 bits per heavy atom. The predicted molar refractivity (Wildman–Crippen MR) is 49.6 cm³/mol. The molecule has 0 fully saturated rings. The Kier molecular flexibility index (Phi) is 2.71. The molecule has 0 bridgehead atoms. The Balaban J connectivity index is 3.05. The largest absolute Gasteiger partial charge is 0.355 e. The molecule has 0 aliphatic heterocycles. The molecule has 1 rings (SSSR count). The molecule has 0 radical (unpaired) electrons. The summed E-state index contributed by atoms with van der Waals surface area (Å²) in [7, 11) is 1.60. The van der Waals surface area contributed by atoms with Crippen LogP contribution in [0, 0.1) is 6.92 Å². The Morgan fingerprint density at radius 1 is 1.50 bits per heavy atom. The van der Waals surface area contributed by atoms with Crippen molar-refractivity contribution in [1.29, 1.82) is 0 Å². The summed E-state index contributed by atoms with van der Waals surface area (Å²) in [4.78, 5) is 11.1. The topological polar surface area (TPSA) is 29.1 Å². The zero-order chi connectivity index (χ0) is 9.14. The molecule has 0 atom stereocenters. The first-order valence-electron chi connectivity index (χ1n) is 3.63. The number of rotatable bonds is 1. The third-order valence-electron chi connectivity index (χ3n) is 1.65. The SMILES string of the molecule is CNC(=O)c1ccc(Cl)c(C)c1. The van der Waals surface area contributed by atoms with Crippen LogP contribution in [-0.4, -0.2) is 13.0 Å². The van der Waals surface area contributed by atoms with Crippen molar-refractivity contribution in [3.63, 3.8) is 0 Å². The van der Waals surface area contributed by atoms with Gasteiger partial charge in [-0.1, -0.05) is 11.6 Å². The Morgan fingerprint density at radius 2 is 2.17 bits per heavy atom. The monoisotopic (exact) mass is 183 g/mol. The first-order chi connectivity index (χ1) is 5.65. The number of carbonyl (C=O) groups excluding carboxylic acids is 1. The van der Waals surface area contributed by atoms with Gasteiger partial charge >= 0.3 is 0 Å². The molecule has 0 unspecified atom stereocenters. The van der Waals surface area contributed by atoms with Crippen LogP contribution in [0.2, 0.25) is 5.02 Å². The van der Waals surface area contributed by atoms with Crippen molar-refractivity contribution < 1.29 is 4.79 Å². The molecule has 0 aliphatic rings. The second kappa shape index (κ2) is 3.59. The van der Waals surface area contributed by atoms with Crippen molar-refractivity contribution in [2.75, 3.05) is 7.05 Å². The fraction of sp³-hybridized carbons (Fsp3) is 0.222. The zero-order valence-electron chi connectivity index (χ0n) is 7.02. The lowest BCUT2D eigenvalue weighted by Crippen LogP contribution is -2.17. The highest BCUT2D eigenvalue weighted by molar-refractivity contribution is 6.31. The van der Waals surface area contributed by atoms with E-state index in [1.54, 1.807) is 25.2 Å². The second-order valence-corrected chi connectivity index (χ2v) is 2.95. The van der Waals surface area contributed by atoms with Gasteiger partial charge in [-0.25, -0.2) is 0 Å². The molecule has 1 aromatic rings. The number of halogens is 1. The van der Waals surface area contributed by atoms with E-state index in [9.17, 15) is 4.79 Å². The highest BCUT2D eigenvalue weighted by atomic mass is 35.5. The molecule has 3 heteroatoms. The molecule has 0 saturated carbocycles. The minimum absolute atomic E-state index is 0.0882. The van der Waals surface area contributed by atoms with Crippen molar-refractivity contribution in [2.24, 2.45) is 0 Å². The van der Waals surface area contributed by atoms with E-state index in [0.717, 1.165) is 5.56 Å². The van der Waals surface area contributed by atoms with Crippen molar-refractivity contribution in [3.8, 4) is 0 Å². The lowest BCUT2D eigenvalue weighted by Gasteiger charge is -2.01. The molecule has 0 saturated heterocycles. The van der Waals surface area contributed by atoms with Crippen molar-refractivity contribution in [3.05, 3.63) is 34.3 Å². The molecule has 1 aromatic carbocycles. The van der Waals surface area contributed by atoms with Crippen LogP contribution in [-0.2, 0) is 0 Å². The Bertz CT molecular complexity index is 309. The Hall–Kier alpha value is -1.02. The molecule has 0 heterocycles. The highest BCUT2D eigenvalue weighted by Gasteiger charge is 2.03. The fourth-order valence-electron chi connectivity index (χ4n) is 0.930. The summed E-state index contributed by atoms with van der Waals surface area (Å²) in [5.74, 6) is -0.0882.